The summed E-state index contributed by atoms with van der Waals surface area (Å²) in [7, 11) is 1.58. The number of urea groups is 1. The lowest BCUT2D eigenvalue weighted by Gasteiger charge is -2.36. The van der Waals surface area contributed by atoms with Crippen LogP contribution < -0.4 is 15.4 Å². The van der Waals surface area contributed by atoms with Crippen molar-refractivity contribution in [1.29, 1.82) is 0 Å². The first-order valence-corrected chi connectivity index (χ1v) is 11.7. The van der Waals surface area contributed by atoms with E-state index >= 15 is 0 Å². The zero-order chi connectivity index (χ0) is 23.8. The highest BCUT2D eigenvalue weighted by Gasteiger charge is 2.28. The predicted octanol–water partition coefficient (Wildman–Crippen LogP) is 4.30. The summed E-state index contributed by atoms with van der Waals surface area (Å²) in [4.78, 5) is 14.8. The number of benzene rings is 2. The minimum atomic E-state index is -0.672. The van der Waals surface area contributed by atoms with Crippen LogP contribution in [0.2, 0.25) is 0 Å². The summed E-state index contributed by atoms with van der Waals surface area (Å²) in [6, 6.07) is 13.2. The molecule has 3 rings (SSSR count). The molecular weight excluding hydrogens is 421 g/mol. The number of hydrogen-bond donors (Lipinski definition) is 3. The van der Waals surface area contributed by atoms with Gasteiger partial charge in [0.1, 0.15) is 11.6 Å². The molecule has 0 radical (unpaired) electrons. The molecule has 6 nitrogen and oxygen atoms in total. The number of carbonyl (C=O) groups is 1. The van der Waals surface area contributed by atoms with E-state index in [0.717, 1.165) is 32.4 Å². The Morgan fingerprint density at radius 2 is 1.88 bits per heavy atom. The monoisotopic (exact) mass is 457 g/mol. The fourth-order valence-electron chi connectivity index (χ4n) is 4.43. The molecule has 2 amide bonds. The lowest BCUT2D eigenvalue weighted by atomic mass is 9.89. The third-order valence-electron chi connectivity index (χ3n) is 6.35. The van der Waals surface area contributed by atoms with Crippen molar-refractivity contribution in [3.05, 3.63) is 59.9 Å². The van der Waals surface area contributed by atoms with Gasteiger partial charge in [0.05, 0.1) is 19.3 Å². The van der Waals surface area contributed by atoms with Gasteiger partial charge < -0.3 is 25.4 Å². The number of piperidine rings is 1. The number of methoxy groups -OCH3 is 1. The molecule has 33 heavy (non-hydrogen) atoms. The van der Waals surface area contributed by atoms with E-state index in [9.17, 15) is 14.3 Å². The molecule has 0 saturated carbocycles. The highest BCUT2D eigenvalue weighted by molar-refractivity contribution is 5.89. The standard InChI is InChI=1S/C26H36FN3O3/c1-18(2)25(29-26(32)28-22-5-4-6-23(16-22)33-3)24(31)17-30-13-11-20(12-14-30)15-19-7-9-21(27)10-8-19/h4-10,16,18,20,24-25,31H,11-15,17H2,1-3H3,(H2,28,29,32)/t24-,25-/m1/s1. The number of aliphatic hydroxyl groups excluding tert-OH is 1. The van der Waals surface area contributed by atoms with Gasteiger partial charge in [0, 0.05) is 18.3 Å². The van der Waals surface area contributed by atoms with Gasteiger partial charge in [-0.1, -0.05) is 32.0 Å². The molecule has 180 valence electrons. The summed E-state index contributed by atoms with van der Waals surface area (Å²) in [6.45, 7) is 6.32. The van der Waals surface area contributed by atoms with Gasteiger partial charge in [-0.25, -0.2) is 9.18 Å². The molecule has 2 aromatic rings. The van der Waals surface area contributed by atoms with E-state index in [1.807, 2.05) is 38.1 Å². The molecule has 2 atom stereocenters. The fourth-order valence-corrected chi connectivity index (χ4v) is 4.43. The molecule has 7 heteroatoms. The maximum Gasteiger partial charge on any atom is 0.319 e. The second-order valence-electron chi connectivity index (χ2n) is 9.24. The van der Waals surface area contributed by atoms with Crippen molar-refractivity contribution < 1.29 is 19.0 Å². The van der Waals surface area contributed by atoms with Crippen molar-refractivity contribution in [3.63, 3.8) is 0 Å². The lowest BCUT2D eigenvalue weighted by Crippen LogP contribution is -2.53. The number of anilines is 1. The van der Waals surface area contributed by atoms with Crippen molar-refractivity contribution in [3.8, 4) is 5.75 Å². The van der Waals surface area contributed by atoms with Crippen molar-refractivity contribution in [1.82, 2.24) is 10.2 Å². The Balaban J connectivity index is 1.47. The molecule has 0 unspecified atom stereocenters. The quantitative estimate of drug-likeness (QED) is 0.525. The Morgan fingerprint density at radius 1 is 1.18 bits per heavy atom. The molecule has 0 bridgehead atoms. The predicted molar refractivity (Wildman–Crippen MR) is 129 cm³/mol. The number of β-amino-alcohol motifs (C(OH)–C–C–N with tert-alkyl or cyclic N) is 1. The molecule has 1 heterocycles. The van der Waals surface area contributed by atoms with Gasteiger partial charge in [-0.05, 0) is 74.0 Å². The van der Waals surface area contributed by atoms with E-state index in [4.69, 9.17) is 4.74 Å². The Hall–Kier alpha value is -2.64. The second-order valence-corrected chi connectivity index (χ2v) is 9.24. The molecule has 0 aromatic heterocycles. The second kappa shape index (κ2) is 12.0. The number of halogens is 1. The van der Waals surface area contributed by atoms with E-state index in [0.29, 0.717) is 23.9 Å². The molecule has 0 aliphatic carbocycles. The van der Waals surface area contributed by atoms with Gasteiger partial charge in [-0.2, -0.15) is 0 Å². The van der Waals surface area contributed by atoms with Gasteiger partial charge in [0.2, 0.25) is 0 Å². The van der Waals surface area contributed by atoms with Crippen molar-refractivity contribution in [2.24, 2.45) is 11.8 Å². The molecule has 3 N–H and O–H groups in total. The van der Waals surface area contributed by atoms with Crippen LogP contribution in [0.25, 0.3) is 0 Å². The Kier molecular flexibility index (Phi) is 9.09. The number of carbonyl (C=O) groups excluding carboxylic acids is 1. The van der Waals surface area contributed by atoms with Crippen LogP contribution in [0.3, 0.4) is 0 Å². The topological polar surface area (TPSA) is 73.8 Å². The molecule has 1 saturated heterocycles. The third-order valence-corrected chi connectivity index (χ3v) is 6.35. The molecule has 2 aromatic carbocycles. The van der Waals surface area contributed by atoms with E-state index in [2.05, 4.69) is 15.5 Å². The summed E-state index contributed by atoms with van der Waals surface area (Å²) in [5.74, 6) is 1.10. The van der Waals surface area contributed by atoms with Crippen LogP contribution in [0.5, 0.6) is 5.75 Å². The largest absolute Gasteiger partial charge is 0.497 e. The van der Waals surface area contributed by atoms with Crippen molar-refractivity contribution in [2.75, 3.05) is 32.1 Å². The maximum atomic E-state index is 13.1. The van der Waals surface area contributed by atoms with E-state index in [-0.39, 0.29) is 23.8 Å². The minimum Gasteiger partial charge on any atom is -0.497 e. The zero-order valence-electron chi connectivity index (χ0n) is 19.8. The zero-order valence-corrected chi connectivity index (χ0v) is 19.8. The van der Waals surface area contributed by atoms with Crippen LogP contribution >= 0.6 is 0 Å². The number of hydrogen-bond acceptors (Lipinski definition) is 4. The Bertz CT molecular complexity index is 883. The molecule has 1 aliphatic heterocycles. The van der Waals surface area contributed by atoms with Crippen LogP contribution in [0.15, 0.2) is 48.5 Å². The lowest BCUT2D eigenvalue weighted by molar-refractivity contribution is 0.0539. The van der Waals surface area contributed by atoms with Crippen molar-refractivity contribution >= 4 is 11.7 Å². The number of ether oxygens (including phenoxy) is 1. The van der Waals surface area contributed by atoms with Crippen LogP contribution in [0.4, 0.5) is 14.9 Å². The summed E-state index contributed by atoms with van der Waals surface area (Å²) in [5.41, 5.74) is 1.80. The number of nitrogens with zero attached hydrogens (tertiary/aromatic N) is 1. The van der Waals surface area contributed by atoms with E-state index < -0.39 is 6.10 Å². The number of rotatable bonds is 9. The Labute approximate surface area is 196 Å². The number of aliphatic hydroxyl groups is 1. The molecule has 1 aliphatic rings. The number of likely N-dealkylation sites (tertiary alicyclic amines) is 1. The normalized spacial score (nSPS) is 16.9. The summed E-state index contributed by atoms with van der Waals surface area (Å²) >= 11 is 0. The van der Waals surface area contributed by atoms with Gasteiger partial charge >= 0.3 is 6.03 Å². The van der Waals surface area contributed by atoms with Gasteiger partial charge in [0.15, 0.2) is 0 Å². The van der Waals surface area contributed by atoms with E-state index in [1.54, 1.807) is 19.2 Å². The maximum absolute atomic E-state index is 13.1. The first-order chi connectivity index (χ1) is 15.8. The van der Waals surface area contributed by atoms with Gasteiger partial charge in [-0.3, -0.25) is 0 Å². The van der Waals surface area contributed by atoms with E-state index in [1.165, 1.54) is 17.7 Å². The van der Waals surface area contributed by atoms with Gasteiger partial charge in [0.25, 0.3) is 0 Å². The highest BCUT2D eigenvalue weighted by Crippen LogP contribution is 2.23. The highest BCUT2D eigenvalue weighted by atomic mass is 19.1. The average molecular weight is 458 g/mol. The van der Waals surface area contributed by atoms with Gasteiger partial charge in [-0.15, -0.1) is 0 Å². The van der Waals surface area contributed by atoms with Crippen LogP contribution in [0, 0.1) is 17.7 Å². The first kappa shape index (κ1) is 25.0. The average Bonchev–Trinajstić information content (AvgIpc) is 2.80. The summed E-state index contributed by atoms with van der Waals surface area (Å²) < 4.78 is 18.3. The fraction of sp³-hybridized carbons (Fsp3) is 0.500. The Morgan fingerprint density at radius 3 is 2.52 bits per heavy atom. The number of amides is 2. The number of nitrogens with one attached hydrogen (secondary N) is 2. The minimum absolute atomic E-state index is 0.0760. The molecule has 1 fully saturated rings. The van der Waals surface area contributed by atoms with Crippen molar-refractivity contribution in [2.45, 2.75) is 45.3 Å². The summed E-state index contributed by atoms with van der Waals surface area (Å²) in [5, 5.41) is 16.7. The molecule has 0 spiro atoms. The SMILES string of the molecule is COc1cccc(NC(=O)N[C@H](C(C)C)[C@H](O)CN2CCC(Cc3ccc(F)cc3)CC2)c1. The summed E-state index contributed by atoms with van der Waals surface area (Å²) in [6.07, 6.45) is 2.37. The van der Waals surface area contributed by atoms with Crippen LogP contribution in [0.1, 0.15) is 32.3 Å². The smallest absolute Gasteiger partial charge is 0.319 e. The third kappa shape index (κ3) is 7.72. The first-order valence-electron chi connectivity index (χ1n) is 11.7. The van der Waals surface area contributed by atoms with Crippen LogP contribution in [-0.4, -0.2) is 54.9 Å². The van der Waals surface area contributed by atoms with Crippen LogP contribution in [-0.2, 0) is 6.42 Å². The molecular formula is C26H36FN3O3.